The van der Waals surface area contributed by atoms with Crippen molar-refractivity contribution in [2.45, 2.75) is 12.1 Å². The number of rotatable bonds is 5. The number of methoxy groups -OCH3 is 3. The number of hydrogen-bond acceptors (Lipinski definition) is 7. The molecule has 8 nitrogen and oxygen atoms in total. The molecule has 4 aromatic rings. The zero-order valence-electron chi connectivity index (χ0n) is 19.6. The maximum atomic E-state index is 6.69. The summed E-state index contributed by atoms with van der Waals surface area (Å²) in [5.74, 6) is 3.63. The first-order valence-electron chi connectivity index (χ1n) is 11.2. The van der Waals surface area contributed by atoms with E-state index in [0.29, 0.717) is 17.4 Å². The summed E-state index contributed by atoms with van der Waals surface area (Å²) in [6.07, 6.45) is 1.12. The second-order valence-electron chi connectivity index (χ2n) is 8.26. The SMILES string of the molecule is COc1ccc([C@@H]2C3=C(Nc4ncnn42)c2ccccc2O[C@H]3c2ccc(OC)cc2OC)cc1. The van der Waals surface area contributed by atoms with Crippen molar-refractivity contribution in [3.63, 3.8) is 0 Å². The summed E-state index contributed by atoms with van der Waals surface area (Å²) in [4.78, 5) is 4.48. The summed E-state index contributed by atoms with van der Waals surface area (Å²) < 4.78 is 25.2. The van der Waals surface area contributed by atoms with Crippen molar-refractivity contribution in [1.82, 2.24) is 14.8 Å². The van der Waals surface area contributed by atoms with Crippen molar-refractivity contribution >= 4 is 11.6 Å². The Morgan fingerprint density at radius 3 is 2.43 bits per heavy atom. The summed E-state index contributed by atoms with van der Waals surface area (Å²) in [5, 5.41) is 8.09. The number of hydrogen-bond donors (Lipinski definition) is 1. The van der Waals surface area contributed by atoms with E-state index in [1.54, 1.807) is 27.7 Å². The highest BCUT2D eigenvalue weighted by molar-refractivity contribution is 5.85. The van der Waals surface area contributed by atoms with Crippen LogP contribution in [-0.4, -0.2) is 36.1 Å². The summed E-state index contributed by atoms with van der Waals surface area (Å²) >= 11 is 0. The third kappa shape index (κ3) is 3.37. The zero-order valence-corrected chi connectivity index (χ0v) is 19.6. The number of nitrogens with zero attached hydrogens (tertiary/aromatic N) is 3. The van der Waals surface area contributed by atoms with E-state index < -0.39 is 6.10 Å². The Hall–Kier alpha value is -4.46. The lowest BCUT2D eigenvalue weighted by atomic mass is 9.84. The quantitative estimate of drug-likeness (QED) is 0.448. The van der Waals surface area contributed by atoms with Crippen LogP contribution in [0.2, 0.25) is 0 Å². The van der Waals surface area contributed by atoms with Crippen LogP contribution < -0.4 is 24.3 Å². The third-order valence-electron chi connectivity index (χ3n) is 6.48. The van der Waals surface area contributed by atoms with E-state index in [1.807, 2.05) is 65.3 Å². The van der Waals surface area contributed by atoms with Gasteiger partial charge in [0.15, 0.2) is 6.10 Å². The lowest BCUT2D eigenvalue weighted by Gasteiger charge is -2.39. The molecule has 6 rings (SSSR count). The van der Waals surface area contributed by atoms with Crippen molar-refractivity contribution in [3.05, 3.63) is 95.3 Å². The van der Waals surface area contributed by atoms with Gasteiger partial charge in [0.2, 0.25) is 5.95 Å². The zero-order chi connectivity index (χ0) is 23.9. The topological polar surface area (TPSA) is 79.7 Å². The van der Waals surface area contributed by atoms with E-state index in [0.717, 1.165) is 39.5 Å². The fourth-order valence-corrected chi connectivity index (χ4v) is 4.82. The first-order valence-corrected chi connectivity index (χ1v) is 11.2. The maximum absolute atomic E-state index is 6.69. The number of aromatic nitrogens is 3. The standard InChI is InChI=1S/C27H24N4O4/c1-32-17-10-8-16(9-11-17)25-23-24(30-27-28-15-29-31(25)27)19-6-4-5-7-21(19)35-26(23)20-13-12-18(33-2)14-22(20)34-3/h4-15,25-26H,1-3H3,(H,28,29,30)/t25-,26+/m1/s1. The van der Waals surface area contributed by atoms with Crippen LogP contribution >= 0.6 is 0 Å². The van der Waals surface area contributed by atoms with Gasteiger partial charge in [-0.2, -0.15) is 10.1 Å². The van der Waals surface area contributed by atoms with Crippen LogP contribution in [-0.2, 0) is 0 Å². The molecule has 8 heteroatoms. The van der Waals surface area contributed by atoms with Gasteiger partial charge in [-0.25, -0.2) is 4.68 Å². The molecule has 3 heterocycles. The van der Waals surface area contributed by atoms with Crippen molar-refractivity contribution in [2.75, 3.05) is 26.6 Å². The molecular formula is C27H24N4O4. The molecular weight excluding hydrogens is 444 g/mol. The van der Waals surface area contributed by atoms with Gasteiger partial charge in [-0.05, 0) is 42.0 Å². The molecule has 0 aliphatic carbocycles. The Bertz CT molecular complexity index is 1430. The van der Waals surface area contributed by atoms with Crippen LogP contribution in [0.15, 0.2) is 78.6 Å². The molecule has 35 heavy (non-hydrogen) atoms. The maximum Gasteiger partial charge on any atom is 0.226 e. The number of nitrogens with one attached hydrogen (secondary N) is 1. The molecule has 0 amide bonds. The van der Waals surface area contributed by atoms with Crippen LogP contribution in [0, 0.1) is 0 Å². The van der Waals surface area contributed by atoms with E-state index >= 15 is 0 Å². The smallest absolute Gasteiger partial charge is 0.226 e. The molecule has 0 spiro atoms. The van der Waals surface area contributed by atoms with Gasteiger partial charge in [0, 0.05) is 22.8 Å². The monoisotopic (exact) mass is 468 g/mol. The summed E-state index contributed by atoms with van der Waals surface area (Å²) in [6, 6.07) is 21.5. The Morgan fingerprint density at radius 2 is 1.66 bits per heavy atom. The molecule has 176 valence electrons. The van der Waals surface area contributed by atoms with Crippen molar-refractivity contribution in [3.8, 4) is 23.0 Å². The minimum Gasteiger partial charge on any atom is -0.497 e. The van der Waals surface area contributed by atoms with Crippen LogP contribution in [0.1, 0.15) is 28.8 Å². The first-order chi connectivity index (χ1) is 17.2. The molecule has 0 bridgehead atoms. The minimum atomic E-state index is -0.447. The average molecular weight is 469 g/mol. The molecule has 2 aliphatic rings. The molecule has 0 fully saturated rings. The van der Waals surface area contributed by atoms with E-state index in [9.17, 15) is 0 Å². The van der Waals surface area contributed by atoms with Crippen LogP contribution in [0.5, 0.6) is 23.0 Å². The number of anilines is 1. The van der Waals surface area contributed by atoms with E-state index in [1.165, 1.54) is 0 Å². The second-order valence-corrected chi connectivity index (χ2v) is 8.26. The Balaban J connectivity index is 1.60. The molecule has 0 saturated carbocycles. The normalized spacial score (nSPS) is 17.9. The first kappa shape index (κ1) is 21.1. The minimum absolute atomic E-state index is 0.264. The predicted octanol–water partition coefficient (Wildman–Crippen LogP) is 4.86. The van der Waals surface area contributed by atoms with Crippen molar-refractivity contribution in [1.29, 1.82) is 0 Å². The molecule has 0 unspecified atom stereocenters. The van der Waals surface area contributed by atoms with E-state index in [2.05, 4.69) is 21.5 Å². The molecule has 1 aromatic heterocycles. The third-order valence-corrected chi connectivity index (χ3v) is 6.48. The molecule has 3 aromatic carbocycles. The number of para-hydroxylation sites is 1. The number of fused-ring (bicyclic) bond motifs is 3. The van der Waals surface area contributed by atoms with Crippen LogP contribution in [0.25, 0.3) is 5.70 Å². The fraction of sp³-hybridized carbons (Fsp3) is 0.185. The number of benzene rings is 3. The molecule has 2 aliphatic heterocycles. The summed E-state index contributed by atoms with van der Waals surface area (Å²) in [5.41, 5.74) is 4.86. The van der Waals surface area contributed by atoms with Gasteiger partial charge in [-0.3, -0.25) is 0 Å². The Kier molecular flexibility index (Phi) is 5.06. The molecule has 1 N–H and O–H groups in total. The van der Waals surface area contributed by atoms with Gasteiger partial charge in [0.1, 0.15) is 35.4 Å². The highest BCUT2D eigenvalue weighted by Crippen LogP contribution is 2.52. The summed E-state index contributed by atoms with van der Waals surface area (Å²) in [7, 11) is 4.95. The van der Waals surface area contributed by atoms with Gasteiger partial charge in [0.05, 0.1) is 27.0 Å². The molecule has 0 radical (unpaired) electrons. The van der Waals surface area contributed by atoms with Crippen LogP contribution in [0.4, 0.5) is 5.95 Å². The lowest BCUT2D eigenvalue weighted by Crippen LogP contribution is -2.32. The summed E-state index contributed by atoms with van der Waals surface area (Å²) in [6.45, 7) is 0. The highest BCUT2D eigenvalue weighted by Gasteiger charge is 2.41. The molecule has 2 atom stereocenters. The van der Waals surface area contributed by atoms with Crippen molar-refractivity contribution < 1.29 is 18.9 Å². The highest BCUT2D eigenvalue weighted by atomic mass is 16.5. The predicted molar refractivity (Wildman–Crippen MR) is 131 cm³/mol. The average Bonchev–Trinajstić information content (AvgIpc) is 3.39. The van der Waals surface area contributed by atoms with Gasteiger partial charge in [-0.15, -0.1) is 0 Å². The largest absolute Gasteiger partial charge is 0.497 e. The Morgan fingerprint density at radius 1 is 0.886 bits per heavy atom. The van der Waals surface area contributed by atoms with E-state index in [4.69, 9.17) is 18.9 Å². The van der Waals surface area contributed by atoms with Gasteiger partial charge in [0.25, 0.3) is 0 Å². The van der Waals surface area contributed by atoms with Crippen molar-refractivity contribution in [2.24, 2.45) is 0 Å². The second kappa shape index (κ2) is 8.39. The fourth-order valence-electron chi connectivity index (χ4n) is 4.82. The van der Waals surface area contributed by atoms with Crippen LogP contribution in [0.3, 0.4) is 0 Å². The Labute approximate surface area is 202 Å². The van der Waals surface area contributed by atoms with Gasteiger partial charge < -0.3 is 24.3 Å². The van der Waals surface area contributed by atoms with Gasteiger partial charge >= 0.3 is 0 Å². The lowest BCUT2D eigenvalue weighted by molar-refractivity contribution is 0.217. The van der Waals surface area contributed by atoms with E-state index in [-0.39, 0.29) is 6.04 Å². The number of ether oxygens (including phenoxy) is 4. The van der Waals surface area contributed by atoms with Gasteiger partial charge in [-0.1, -0.05) is 24.3 Å². The molecule has 0 saturated heterocycles.